The third-order valence-electron chi connectivity index (χ3n) is 12.3. The van der Waals surface area contributed by atoms with E-state index in [4.69, 9.17) is 0 Å². The van der Waals surface area contributed by atoms with E-state index in [2.05, 4.69) is 144 Å². The second-order valence-corrected chi connectivity index (χ2v) is 21.2. The summed E-state index contributed by atoms with van der Waals surface area (Å²) >= 11 is 0. The van der Waals surface area contributed by atoms with Gasteiger partial charge in [0.15, 0.2) is 0 Å². The molecule has 0 fully saturated rings. The van der Waals surface area contributed by atoms with E-state index in [9.17, 15) is 22.0 Å². The second-order valence-electron chi connectivity index (χ2n) is 21.2. The van der Waals surface area contributed by atoms with Crippen molar-refractivity contribution in [3.05, 3.63) is 213 Å². The van der Waals surface area contributed by atoms with Crippen LogP contribution >= 0.6 is 0 Å². The minimum absolute atomic E-state index is 0. The van der Waals surface area contributed by atoms with Crippen molar-refractivity contribution in [3.8, 4) is 0 Å². The fraction of sp³-hybridized carbons (Fsp3) is 0.463. The topological polar surface area (TPSA) is 0 Å². The molecule has 0 amide bonds. The van der Waals surface area contributed by atoms with Gasteiger partial charge in [-0.05, 0) is 174 Å². The predicted octanol–water partition coefficient (Wildman–Crippen LogP) is 21.6. The maximum atomic E-state index is 13.2. The number of hydrogen-bond acceptors (Lipinski definition) is 0. The average molecular weight is 998 g/mol. The van der Waals surface area contributed by atoms with Crippen LogP contribution in [0.3, 0.4) is 0 Å². The molecule has 0 aromatic heterocycles. The first kappa shape index (κ1) is 69.0. The van der Waals surface area contributed by atoms with Gasteiger partial charge in [0.2, 0.25) is 0 Å². The van der Waals surface area contributed by atoms with E-state index in [1.54, 1.807) is 12.1 Å². The molecule has 6 aromatic carbocycles. The van der Waals surface area contributed by atoms with Crippen LogP contribution < -0.4 is 0 Å². The van der Waals surface area contributed by atoms with Crippen LogP contribution in [-0.4, -0.2) is 0 Å². The van der Waals surface area contributed by atoms with E-state index in [-0.39, 0.29) is 43.8 Å². The van der Waals surface area contributed by atoms with E-state index < -0.39 is 11.6 Å². The lowest BCUT2D eigenvalue weighted by atomic mass is 9.90. The van der Waals surface area contributed by atoms with Crippen molar-refractivity contribution >= 4 is 0 Å². The van der Waals surface area contributed by atoms with Crippen LogP contribution in [-0.2, 0) is 19.3 Å². The Morgan fingerprint density at radius 3 is 1.03 bits per heavy atom. The Labute approximate surface area is 438 Å². The molecule has 0 N–H and O–H groups in total. The summed E-state index contributed by atoms with van der Waals surface area (Å²) in [7, 11) is 0. The number of aryl methyl sites for hydroxylation is 1. The summed E-state index contributed by atoms with van der Waals surface area (Å²) in [5.41, 5.74) is 8.26. The SMILES string of the molecule is C.C.CC(C)C(C)c1ccc(F)cc1.CC(C)C(C)c1ccccc1.CC(C)Cc1ccc(F)cc1.CC(C)Cc1ccccc1.Cc1c(F)cc(C(C)C(C)C)cc1F.Cc1cc(F)cc(CC(C)C)c1. The summed E-state index contributed by atoms with van der Waals surface area (Å²) in [6.07, 6.45) is 3.18. The van der Waals surface area contributed by atoms with Crippen LogP contribution in [0.1, 0.15) is 181 Å². The third kappa shape index (κ3) is 29.5. The van der Waals surface area contributed by atoms with Gasteiger partial charge < -0.3 is 0 Å². The molecule has 3 atom stereocenters. The fourth-order valence-corrected chi connectivity index (χ4v) is 7.18. The van der Waals surface area contributed by atoms with E-state index in [1.807, 2.05) is 58.0 Å². The number of halogens is 5. The van der Waals surface area contributed by atoms with Gasteiger partial charge in [0.05, 0.1) is 0 Å². The Hall–Kier alpha value is -5.03. The summed E-state index contributed by atoms with van der Waals surface area (Å²) in [4.78, 5) is 0. The van der Waals surface area contributed by atoms with Crippen molar-refractivity contribution in [2.45, 2.75) is 170 Å². The molecule has 5 heteroatoms. The molecule has 0 heterocycles. The molecule has 0 spiro atoms. The summed E-state index contributed by atoms with van der Waals surface area (Å²) < 4.78 is 64.3. The lowest BCUT2D eigenvalue weighted by molar-refractivity contribution is 0.516. The Balaban J connectivity index is 0. The second kappa shape index (κ2) is 36.8. The van der Waals surface area contributed by atoms with Crippen LogP contribution in [0, 0.1) is 78.4 Å². The molecule has 0 saturated heterocycles. The minimum atomic E-state index is -0.451. The van der Waals surface area contributed by atoms with Gasteiger partial charge in [0.1, 0.15) is 29.1 Å². The molecule has 0 saturated carbocycles. The highest BCUT2D eigenvalue weighted by Gasteiger charge is 2.15. The van der Waals surface area contributed by atoms with Gasteiger partial charge in [0, 0.05) is 5.56 Å². The maximum absolute atomic E-state index is 13.2. The lowest BCUT2D eigenvalue weighted by Crippen LogP contribution is -2.04. The summed E-state index contributed by atoms with van der Waals surface area (Å²) in [6, 6.07) is 42.8. The van der Waals surface area contributed by atoms with Crippen molar-refractivity contribution < 1.29 is 22.0 Å². The van der Waals surface area contributed by atoms with Crippen LogP contribution in [0.4, 0.5) is 22.0 Å². The third-order valence-corrected chi connectivity index (χ3v) is 12.3. The molecule has 0 radical (unpaired) electrons. The standard InChI is InChI=1S/C12H16F2.2C11H15F.C11H16.C10H13F.C10H14.2CH4/c1-7(2)8(3)10-5-11(13)9(4)12(14)6-10;1-8(2)4-10-5-9(3)6-11(12)7-10;1-8(2)9(3)10-4-6-11(12)7-5-10;1-9(2)10(3)11-7-5-4-6-8-11;1-8(2)7-9-3-5-10(11)6-4-9;1-9(2)8-10-6-4-3-5-7-10;;/h5-8H,1-4H3;5-8H,4H2,1-3H3;4-9H,1-3H3;4-10H,1-3H3;3-6,8H,7H2,1-2H3;3-7,9H,8H2,1-2H3;2*1H4. The monoisotopic (exact) mass is 997 g/mol. The molecule has 72 heavy (non-hydrogen) atoms. The highest BCUT2D eigenvalue weighted by Crippen LogP contribution is 2.27. The Morgan fingerprint density at radius 2 is 0.653 bits per heavy atom. The lowest BCUT2D eigenvalue weighted by Gasteiger charge is -2.16. The first-order valence-electron chi connectivity index (χ1n) is 25.6. The number of benzene rings is 6. The molecule has 6 rings (SSSR count). The van der Waals surface area contributed by atoms with Crippen LogP contribution in [0.2, 0.25) is 0 Å². The Morgan fingerprint density at radius 1 is 0.319 bits per heavy atom. The van der Waals surface area contributed by atoms with Gasteiger partial charge in [-0.3, -0.25) is 0 Å². The maximum Gasteiger partial charge on any atom is 0.129 e. The Kier molecular flexibility index (Phi) is 35.3. The van der Waals surface area contributed by atoms with E-state index >= 15 is 0 Å². The number of rotatable bonds is 12. The largest absolute Gasteiger partial charge is 0.207 e. The zero-order valence-electron chi connectivity index (χ0n) is 46.0. The fourth-order valence-electron chi connectivity index (χ4n) is 7.18. The summed E-state index contributed by atoms with van der Waals surface area (Å²) in [5.74, 6) is 3.75. The van der Waals surface area contributed by atoms with Crippen molar-refractivity contribution in [2.75, 3.05) is 0 Å². The van der Waals surface area contributed by atoms with Gasteiger partial charge in [-0.1, -0.05) is 210 Å². The molecule has 0 nitrogen and oxygen atoms in total. The normalized spacial score (nSPS) is 11.7. The molecule has 0 aliphatic heterocycles. The molecular weight excluding hydrogens is 900 g/mol. The molecule has 3 unspecified atom stereocenters. The minimum Gasteiger partial charge on any atom is -0.207 e. The van der Waals surface area contributed by atoms with Crippen molar-refractivity contribution in [1.82, 2.24) is 0 Å². The number of hydrogen-bond donors (Lipinski definition) is 0. The summed E-state index contributed by atoms with van der Waals surface area (Å²) in [6.45, 7) is 35.8. The zero-order chi connectivity index (χ0) is 53.1. The Bertz CT molecular complexity index is 2210. The van der Waals surface area contributed by atoms with E-state index in [0.29, 0.717) is 35.5 Å². The van der Waals surface area contributed by atoms with Gasteiger partial charge in [0.25, 0.3) is 0 Å². The molecule has 0 bridgehead atoms. The highest BCUT2D eigenvalue weighted by atomic mass is 19.1. The van der Waals surface area contributed by atoms with E-state index in [1.165, 1.54) is 72.0 Å². The van der Waals surface area contributed by atoms with E-state index in [0.717, 1.165) is 41.4 Å². The highest BCUT2D eigenvalue weighted by molar-refractivity contribution is 5.28. The van der Waals surface area contributed by atoms with Crippen LogP contribution in [0.15, 0.2) is 140 Å². The first-order valence-corrected chi connectivity index (χ1v) is 25.6. The van der Waals surface area contributed by atoms with Gasteiger partial charge in [-0.15, -0.1) is 0 Å². The molecule has 6 aromatic rings. The summed E-state index contributed by atoms with van der Waals surface area (Å²) in [5, 5.41) is 0. The molecular formula is C67H97F5. The predicted molar refractivity (Wildman–Crippen MR) is 307 cm³/mol. The molecule has 0 aliphatic carbocycles. The average Bonchev–Trinajstić information content (AvgIpc) is 3.29. The van der Waals surface area contributed by atoms with Gasteiger partial charge in [-0.2, -0.15) is 0 Å². The molecule has 400 valence electrons. The van der Waals surface area contributed by atoms with Gasteiger partial charge in [-0.25, -0.2) is 22.0 Å². The van der Waals surface area contributed by atoms with Crippen molar-refractivity contribution in [2.24, 2.45) is 35.5 Å². The van der Waals surface area contributed by atoms with Crippen molar-refractivity contribution in [1.29, 1.82) is 0 Å². The van der Waals surface area contributed by atoms with Crippen LogP contribution in [0.5, 0.6) is 0 Å². The smallest absolute Gasteiger partial charge is 0.129 e. The van der Waals surface area contributed by atoms with Gasteiger partial charge >= 0.3 is 0 Å². The zero-order valence-corrected chi connectivity index (χ0v) is 46.0. The quantitative estimate of drug-likeness (QED) is 0.107. The molecule has 0 aliphatic rings. The van der Waals surface area contributed by atoms with Crippen molar-refractivity contribution in [3.63, 3.8) is 0 Å². The van der Waals surface area contributed by atoms with Crippen LogP contribution in [0.25, 0.3) is 0 Å². The first-order chi connectivity index (χ1) is 32.8.